The van der Waals surface area contributed by atoms with Crippen molar-refractivity contribution in [3.63, 3.8) is 0 Å². The zero-order chi connectivity index (χ0) is 19.1. The lowest BCUT2D eigenvalue weighted by Gasteiger charge is -2.43. The molecule has 1 aliphatic rings. The number of ether oxygens (including phenoxy) is 5. The maximum Gasteiger partial charge on any atom is 0.303 e. The Morgan fingerprint density at radius 2 is 1.44 bits per heavy atom. The average Bonchev–Trinajstić information content (AvgIpc) is 2.47. The quantitative estimate of drug-likeness (QED) is 0.469. The molecule has 25 heavy (non-hydrogen) atoms. The van der Waals surface area contributed by atoms with E-state index in [9.17, 15) is 19.2 Å². The van der Waals surface area contributed by atoms with Gasteiger partial charge in [0.2, 0.25) is 0 Å². The number of ketones is 1. The predicted octanol–water partition coefficient (Wildman–Crippen LogP) is 0.380. The van der Waals surface area contributed by atoms with Gasteiger partial charge in [0.15, 0.2) is 18.2 Å². The highest BCUT2D eigenvalue weighted by molar-refractivity contribution is 5.76. The van der Waals surface area contributed by atoms with E-state index in [-0.39, 0.29) is 19.0 Å². The Morgan fingerprint density at radius 3 is 1.92 bits per heavy atom. The monoisotopic (exact) mass is 360 g/mol. The third kappa shape index (κ3) is 6.79. The van der Waals surface area contributed by atoms with E-state index in [2.05, 4.69) is 0 Å². The summed E-state index contributed by atoms with van der Waals surface area (Å²) in [5, 5.41) is 0. The van der Waals surface area contributed by atoms with Crippen molar-refractivity contribution in [2.45, 2.75) is 59.2 Å². The van der Waals surface area contributed by atoms with Gasteiger partial charge >= 0.3 is 17.9 Å². The molecule has 142 valence electrons. The van der Waals surface area contributed by atoms with Crippen molar-refractivity contribution < 1.29 is 42.9 Å². The van der Waals surface area contributed by atoms with Gasteiger partial charge in [-0.15, -0.1) is 0 Å². The maximum absolute atomic E-state index is 11.5. The average molecular weight is 360 g/mol. The molecule has 0 aromatic rings. The highest BCUT2D eigenvalue weighted by Crippen LogP contribution is 2.31. The van der Waals surface area contributed by atoms with Gasteiger partial charge in [-0.05, 0) is 6.92 Å². The Morgan fingerprint density at radius 1 is 0.880 bits per heavy atom. The molecule has 9 heteroatoms. The van der Waals surface area contributed by atoms with Crippen molar-refractivity contribution in [3.8, 4) is 0 Å². The molecule has 1 saturated heterocycles. The zero-order valence-electron chi connectivity index (χ0n) is 15.0. The maximum atomic E-state index is 11.5. The first kappa shape index (κ1) is 21.0. The molecule has 1 aliphatic heterocycles. The Labute approximate surface area is 145 Å². The van der Waals surface area contributed by atoms with Crippen LogP contribution in [0.3, 0.4) is 0 Å². The first-order chi connectivity index (χ1) is 11.6. The summed E-state index contributed by atoms with van der Waals surface area (Å²) in [4.78, 5) is 45.1. The fourth-order valence-corrected chi connectivity index (χ4v) is 2.46. The van der Waals surface area contributed by atoms with Crippen LogP contribution in [-0.2, 0) is 42.9 Å². The molecule has 1 rings (SSSR count). The number of hydrogen-bond donors (Lipinski definition) is 0. The number of hydrogen-bond acceptors (Lipinski definition) is 9. The van der Waals surface area contributed by atoms with Crippen LogP contribution in [0.25, 0.3) is 0 Å². The van der Waals surface area contributed by atoms with Gasteiger partial charge in [0.05, 0.1) is 0 Å². The number of esters is 3. The lowest BCUT2D eigenvalue weighted by Crippen LogP contribution is -2.58. The summed E-state index contributed by atoms with van der Waals surface area (Å²) in [5.74, 6) is -2.46. The van der Waals surface area contributed by atoms with Crippen LogP contribution in [0, 0.1) is 5.92 Å². The van der Waals surface area contributed by atoms with E-state index in [0.29, 0.717) is 0 Å². The van der Waals surface area contributed by atoms with Gasteiger partial charge < -0.3 is 23.7 Å². The van der Waals surface area contributed by atoms with Crippen molar-refractivity contribution in [2.75, 3.05) is 13.2 Å². The Bertz CT molecular complexity index is 516. The number of carbonyl (C=O) groups is 4. The van der Waals surface area contributed by atoms with E-state index in [1.807, 2.05) is 0 Å². The smallest absolute Gasteiger partial charge is 0.303 e. The number of Topliss-reactive ketones (excluding diaryl/α,β-unsaturated/α-hetero) is 1. The first-order valence-electron chi connectivity index (χ1n) is 7.86. The molecule has 0 aromatic heterocycles. The Kier molecular flexibility index (Phi) is 7.98. The van der Waals surface area contributed by atoms with Crippen molar-refractivity contribution in [3.05, 3.63) is 0 Å². The fourth-order valence-electron chi connectivity index (χ4n) is 2.46. The van der Waals surface area contributed by atoms with Crippen LogP contribution in [0.5, 0.6) is 0 Å². The zero-order valence-corrected chi connectivity index (χ0v) is 15.0. The minimum atomic E-state index is -0.979. The second-order valence-corrected chi connectivity index (χ2v) is 5.87. The van der Waals surface area contributed by atoms with Crippen LogP contribution in [-0.4, -0.2) is 61.5 Å². The molecule has 0 aliphatic carbocycles. The van der Waals surface area contributed by atoms with E-state index in [1.165, 1.54) is 27.7 Å². The summed E-state index contributed by atoms with van der Waals surface area (Å²) in [6.07, 6.45) is -3.67. The summed E-state index contributed by atoms with van der Waals surface area (Å²) < 4.78 is 26.6. The molecule has 0 bridgehead atoms. The second kappa shape index (κ2) is 9.47. The molecule has 1 heterocycles. The molecular formula is C16H24O9. The second-order valence-electron chi connectivity index (χ2n) is 5.87. The van der Waals surface area contributed by atoms with Crippen LogP contribution < -0.4 is 0 Å². The largest absolute Gasteiger partial charge is 0.463 e. The van der Waals surface area contributed by atoms with E-state index in [4.69, 9.17) is 23.7 Å². The van der Waals surface area contributed by atoms with Crippen LogP contribution >= 0.6 is 0 Å². The van der Waals surface area contributed by atoms with Gasteiger partial charge in [0.25, 0.3) is 0 Å². The van der Waals surface area contributed by atoms with Gasteiger partial charge in [-0.3, -0.25) is 19.2 Å². The van der Waals surface area contributed by atoms with Gasteiger partial charge in [0, 0.05) is 26.7 Å². The Hall–Kier alpha value is -2.00. The predicted molar refractivity (Wildman–Crippen MR) is 82.2 cm³/mol. The van der Waals surface area contributed by atoms with Gasteiger partial charge in [0.1, 0.15) is 25.4 Å². The molecule has 0 radical (unpaired) electrons. The van der Waals surface area contributed by atoms with Gasteiger partial charge in [-0.2, -0.15) is 0 Å². The highest BCUT2D eigenvalue weighted by Gasteiger charge is 2.48. The molecule has 0 aromatic carbocycles. The molecule has 1 fully saturated rings. The topological polar surface area (TPSA) is 114 Å². The lowest BCUT2D eigenvalue weighted by atomic mass is 9.92. The summed E-state index contributed by atoms with van der Waals surface area (Å²) in [5.41, 5.74) is 0. The molecule has 5 atom stereocenters. The molecule has 0 spiro atoms. The summed E-state index contributed by atoms with van der Waals surface area (Å²) in [7, 11) is 0. The summed E-state index contributed by atoms with van der Waals surface area (Å²) in [6.45, 7) is 6.26. The third-order valence-corrected chi connectivity index (χ3v) is 3.45. The van der Waals surface area contributed by atoms with Crippen molar-refractivity contribution in [1.82, 2.24) is 0 Å². The van der Waals surface area contributed by atoms with Crippen LogP contribution in [0.4, 0.5) is 0 Å². The molecular weight excluding hydrogens is 336 g/mol. The van der Waals surface area contributed by atoms with Gasteiger partial charge in [-0.1, -0.05) is 6.92 Å². The number of carbonyl (C=O) groups excluding carboxylic acids is 4. The molecule has 5 unspecified atom stereocenters. The molecule has 0 N–H and O–H groups in total. The van der Waals surface area contributed by atoms with Gasteiger partial charge in [-0.25, -0.2) is 0 Å². The van der Waals surface area contributed by atoms with Crippen molar-refractivity contribution in [2.24, 2.45) is 5.92 Å². The molecule has 0 amide bonds. The fraction of sp³-hybridized carbons (Fsp3) is 0.750. The van der Waals surface area contributed by atoms with Crippen LogP contribution in [0.1, 0.15) is 34.6 Å². The van der Waals surface area contributed by atoms with Crippen molar-refractivity contribution >= 4 is 23.7 Å². The molecule has 0 saturated carbocycles. The Balaban J connectivity index is 3.04. The summed E-state index contributed by atoms with van der Waals surface area (Å²) >= 11 is 0. The lowest BCUT2D eigenvalue weighted by molar-refractivity contribution is -0.287. The van der Waals surface area contributed by atoms with Crippen LogP contribution in [0.2, 0.25) is 0 Å². The van der Waals surface area contributed by atoms with E-state index in [0.717, 1.165) is 0 Å². The summed E-state index contributed by atoms with van der Waals surface area (Å²) in [6, 6.07) is 0. The number of rotatable bonds is 7. The standard InChI is InChI=1S/C16H24O9/c1-8(17)6-22-16-9(2)14(23-11(4)19)15(24-12(5)20)13(25-16)7-21-10(3)18/h9,13-16H,6-7H2,1-5H3. The highest BCUT2D eigenvalue weighted by atomic mass is 16.7. The third-order valence-electron chi connectivity index (χ3n) is 3.45. The van der Waals surface area contributed by atoms with E-state index >= 15 is 0 Å². The van der Waals surface area contributed by atoms with E-state index < -0.39 is 48.4 Å². The van der Waals surface area contributed by atoms with E-state index in [1.54, 1.807) is 6.92 Å². The minimum Gasteiger partial charge on any atom is -0.463 e. The normalized spacial score (nSPS) is 28.8. The van der Waals surface area contributed by atoms with Crippen molar-refractivity contribution in [1.29, 1.82) is 0 Å². The van der Waals surface area contributed by atoms with Crippen LogP contribution in [0.15, 0.2) is 0 Å². The molecule has 9 nitrogen and oxygen atoms in total. The minimum absolute atomic E-state index is 0.194. The first-order valence-corrected chi connectivity index (χ1v) is 7.86. The SMILES string of the molecule is CC(=O)COC1OC(COC(C)=O)C(OC(C)=O)C(OC(C)=O)C1C.